The van der Waals surface area contributed by atoms with Crippen molar-refractivity contribution >= 4 is 11.9 Å². The van der Waals surface area contributed by atoms with Crippen LogP contribution in [0.3, 0.4) is 0 Å². The van der Waals surface area contributed by atoms with Gasteiger partial charge in [-0.05, 0) is 6.42 Å². The monoisotopic (exact) mass is 516 g/mol. The number of ether oxygens (including phenoxy) is 3. The summed E-state index contributed by atoms with van der Waals surface area (Å²) in [4.78, 5) is 24.8. The van der Waals surface area contributed by atoms with Gasteiger partial charge in [0.2, 0.25) is 0 Å². The number of hydrogen-bond acceptors (Lipinski definition) is 9. The minimum Gasteiger partial charge on any atom is -0.420 e. The predicted octanol–water partition coefficient (Wildman–Crippen LogP) is 3.83. The molecule has 2 aliphatic rings. The van der Waals surface area contributed by atoms with Gasteiger partial charge in [-0.15, -0.1) is 0 Å². The molecular weight excluding hydrogens is 468 g/mol. The molecule has 2 aliphatic heterocycles. The molecule has 0 aromatic heterocycles. The highest BCUT2D eigenvalue weighted by molar-refractivity contribution is 5.81. The summed E-state index contributed by atoms with van der Waals surface area (Å²) in [5, 5.41) is 40.7. The van der Waals surface area contributed by atoms with E-state index in [0.717, 1.165) is 19.3 Å². The Bertz CT molecular complexity index is 657. The molecule has 0 radical (unpaired) electrons. The number of aliphatic hydroxyl groups excluding tert-OH is 2. The van der Waals surface area contributed by atoms with Crippen molar-refractivity contribution in [3.05, 3.63) is 0 Å². The lowest BCUT2D eigenvalue weighted by Crippen LogP contribution is -2.73. The minimum absolute atomic E-state index is 0.362. The van der Waals surface area contributed by atoms with Crippen LogP contribution < -0.4 is 0 Å². The normalized spacial score (nSPS) is 30.8. The summed E-state index contributed by atoms with van der Waals surface area (Å²) in [6.45, 7) is 1.63. The molecule has 9 nitrogen and oxygen atoms in total. The van der Waals surface area contributed by atoms with Crippen molar-refractivity contribution in [2.75, 3.05) is 6.61 Å². The van der Waals surface area contributed by atoms with Crippen LogP contribution in [-0.4, -0.2) is 62.9 Å². The lowest BCUT2D eigenvalue weighted by molar-refractivity contribution is -0.500. The van der Waals surface area contributed by atoms with E-state index in [-0.39, 0.29) is 6.42 Å². The molecular formula is C27H48O9. The van der Waals surface area contributed by atoms with Crippen molar-refractivity contribution in [3.63, 3.8) is 0 Å². The van der Waals surface area contributed by atoms with Gasteiger partial charge in [-0.3, -0.25) is 9.59 Å². The second-order valence-corrected chi connectivity index (χ2v) is 10.5. The lowest BCUT2D eigenvalue weighted by Gasteiger charge is -2.48. The maximum Gasteiger partial charge on any atom is 0.399 e. The zero-order valence-corrected chi connectivity index (χ0v) is 22.0. The first-order valence-corrected chi connectivity index (χ1v) is 14.1. The van der Waals surface area contributed by atoms with E-state index in [4.69, 9.17) is 14.2 Å². The zero-order chi connectivity index (χ0) is 26.4. The molecule has 2 unspecified atom stereocenters. The first-order chi connectivity index (χ1) is 17.2. The number of carbonyl (C=O) groups is 2. The maximum absolute atomic E-state index is 12.6. The average Bonchev–Trinajstić information content (AvgIpc) is 2.84. The molecule has 2 fully saturated rings. The van der Waals surface area contributed by atoms with Crippen molar-refractivity contribution < 1.29 is 44.2 Å². The van der Waals surface area contributed by atoms with Crippen LogP contribution in [0.15, 0.2) is 0 Å². The quantitative estimate of drug-likeness (QED) is 0.167. The van der Waals surface area contributed by atoms with Gasteiger partial charge in [-0.25, -0.2) is 0 Å². The summed E-state index contributed by atoms with van der Waals surface area (Å²) in [5.74, 6) is -8.98. The van der Waals surface area contributed by atoms with E-state index in [1.807, 2.05) is 0 Å². The lowest BCUT2D eigenvalue weighted by atomic mass is 9.94. The summed E-state index contributed by atoms with van der Waals surface area (Å²) in [6, 6.07) is 0. The molecule has 2 rings (SSSR count). The van der Waals surface area contributed by atoms with Gasteiger partial charge in [-0.2, -0.15) is 0 Å². The van der Waals surface area contributed by atoms with E-state index >= 15 is 0 Å². The van der Waals surface area contributed by atoms with Gasteiger partial charge in [0.1, 0.15) is 6.10 Å². The van der Waals surface area contributed by atoms with Gasteiger partial charge in [0, 0.05) is 0 Å². The van der Waals surface area contributed by atoms with Crippen LogP contribution >= 0.6 is 0 Å². The molecule has 0 bridgehead atoms. The van der Waals surface area contributed by atoms with Crippen molar-refractivity contribution in [1.82, 2.24) is 0 Å². The number of aliphatic hydroxyl groups is 4. The highest BCUT2D eigenvalue weighted by Gasteiger charge is 2.68. The summed E-state index contributed by atoms with van der Waals surface area (Å²) in [6.07, 6.45) is 16.0. The Morgan fingerprint density at radius 1 is 0.750 bits per heavy atom. The first kappa shape index (κ1) is 31.0. The van der Waals surface area contributed by atoms with Crippen molar-refractivity contribution in [2.24, 2.45) is 5.92 Å². The summed E-state index contributed by atoms with van der Waals surface area (Å²) >= 11 is 0. The van der Waals surface area contributed by atoms with Crippen LogP contribution in [0.1, 0.15) is 122 Å². The van der Waals surface area contributed by atoms with Crippen molar-refractivity contribution in [1.29, 1.82) is 0 Å². The molecule has 9 heteroatoms. The van der Waals surface area contributed by atoms with Crippen molar-refractivity contribution in [2.45, 2.75) is 146 Å². The SMILES string of the molecule is CCCCCCCCCCCCCCCCCCC1CC(=O)O[C@]2(O)[C@@H](O)[C@H](O)COC2(O)OC1=O. The largest absolute Gasteiger partial charge is 0.420 e. The Morgan fingerprint density at radius 2 is 1.22 bits per heavy atom. The maximum atomic E-state index is 12.6. The molecule has 0 saturated carbocycles. The minimum atomic E-state index is -3.11. The van der Waals surface area contributed by atoms with E-state index in [9.17, 15) is 30.0 Å². The second-order valence-electron chi connectivity index (χ2n) is 10.5. The third kappa shape index (κ3) is 9.24. The van der Waals surface area contributed by atoms with Crippen LogP contribution in [0.4, 0.5) is 0 Å². The van der Waals surface area contributed by atoms with Crippen LogP contribution in [0.2, 0.25) is 0 Å². The molecule has 0 amide bonds. The number of hydrogen-bond donors (Lipinski definition) is 4. The Hall–Kier alpha value is -1.26. The molecule has 4 N–H and O–H groups in total. The number of esters is 2. The molecule has 0 spiro atoms. The topological polar surface area (TPSA) is 143 Å². The van der Waals surface area contributed by atoms with Crippen LogP contribution in [0.5, 0.6) is 0 Å². The van der Waals surface area contributed by atoms with E-state index < -0.39 is 48.4 Å². The molecule has 0 aliphatic carbocycles. The number of carbonyl (C=O) groups excluding carboxylic acids is 2. The highest BCUT2D eigenvalue weighted by Crippen LogP contribution is 2.39. The number of rotatable bonds is 17. The second kappa shape index (κ2) is 15.9. The molecule has 5 atom stereocenters. The Labute approximate surface area is 215 Å². The summed E-state index contributed by atoms with van der Waals surface area (Å²) < 4.78 is 14.6. The van der Waals surface area contributed by atoms with Gasteiger partial charge in [0.15, 0.2) is 6.10 Å². The Balaban J connectivity index is 1.56. The standard InChI is InChI=1S/C27H48O9/c1-2-3-4-5-6-7-8-9-10-11-12-13-14-15-16-17-18-21-19-23(29)35-26(32)24(30)22(28)20-34-27(26,33)36-25(21)31/h21-22,24,28,30,32-33H,2-20H2,1H3/t21?,22-,24+,26-,27?/m1/s1. The highest BCUT2D eigenvalue weighted by atomic mass is 16.9. The summed E-state index contributed by atoms with van der Waals surface area (Å²) in [7, 11) is 0. The van der Waals surface area contributed by atoms with Gasteiger partial charge in [0.05, 0.1) is 18.9 Å². The molecule has 210 valence electrons. The predicted molar refractivity (Wildman–Crippen MR) is 132 cm³/mol. The fourth-order valence-electron chi connectivity index (χ4n) is 4.95. The van der Waals surface area contributed by atoms with Gasteiger partial charge in [0.25, 0.3) is 0 Å². The molecule has 0 aromatic carbocycles. The van der Waals surface area contributed by atoms with Gasteiger partial charge < -0.3 is 34.6 Å². The smallest absolute Gasteiger partial charge is 0.399 e. The molecule has 0 aromatic rings. The Morgan fingerprint density at radius 3 is 1.72 bits per heavy atom. The van der Waals surface area contributed by atoms with Gasteiger partial charge in [-0.1, -0.05) is 110 Å². The van der Waals surface area contributed by atoms with Crippen LogP contribution in [0, 0.1) is 5.92 Å². The average molecular weight is 517 g/mol. The van der Waals surface area contributed by atoms with Gasteiger partial charge >= 0.3 is 23.7 Å². The third-order valence-electron chi connectivity index (χ3n) is 7.33. The fourth-order valence-corrected chi connectivity index (χ4v) is 4.95. The number of unbranched alkanes of at least 4 members (excludes halogenated alkanes) is 15. The summed E-state index contributed by atoms with van der Waals surface area (Å²) in [5.41, 5.74) is 0. The van der Waals surface area contributed by atoms with Crippen LogP contribution in [-0.2, 0) is 23.8 Å². The van der Waals surface area contributed by atoms with E-state index in [2.05, 4.69) is 6.92 Å². The van der Waals surface area contributed by atoms with Crippen LogP contribution in [0.25, 0.3) is 0 Å². The first-order valence-electron chi connectivity index (χ1n) is 14.1. The zero-order valence-electron chi connectivity index (χ0n) is 22.0. The molecule has 2 saturated heterocycles. The van der Waals surface area contributed by atoms with E-state index in [0.29, 0.717) is 12.8 Å². The molecule has 36 heavy (non-hydrogen) atoms. The van der Waals surface area contributed by atoms with Crippen molar-refractivity contribution in [3.8, 4) is 0 Å². The number of fused-ring (bicyclic) bond motifs is 1. The Kier molecular flexibility index (Phi) is 13.6. The van der Waals surface area contributed by atoms with E-state index in [1.165, 1.54) is 77.0 Å². The van der Waals surface area contributed by atoms with E-state index in [1.54, 1.807) is 0 Å². The fraction of sp³-hybridized carbons (Fsp3) is 0.926. The molecule has 2 heterocycles. The third-order valence-corrected chi connectivity index (χ3v) is 7.33.